The Bertz CT molecular complexity index is 396. The summed E-state index contributed by atoms with van der Waals surface area (Å²) >= 11 is 3.36. The van der Waals surface area contributed by atoms with Gasteiger partial charge in [0.15, 0.2) is 11.5 Å². The second-order valence-electron chi connectivity index (χ2n) is 4.53. The summed E-state index contributed by atoms with van der Waals surface area (Å²) in [6.07, 6.45) is 1.12. The Kier molecular flexibility index (Phi) is 5.96. The lowest BCUT2D eigenvalue weighted by atomic mass is 10.1. The number of nitrogens with zero attached hydrogens (tertiary/aromatic N) is 1. The molecule has 18 heavy (non-hydrogen) atoms. The van der Waals surface area contributed by atoms with E-state index in [0.717, 1.165) is 18.5 Å². The fourth-order valence-corrected chi connectivity index (χ4v) is 2.23. The lowest BCUT2D eigenvalue weighted by molar-refractivity contribution is 0.243. The molecule has 1 atom stereocenters. The number of hydrogen-bond acceptors (Lipinski definition) is 3. The summed E-state index contributed by atoms with van der Waals surface area (Å²) in [6, 6.07) is 4.38. The third-order valence-corrected chi connectivity index (χ3v) is 3.77. The van der Waals surface area contributed by atoms with Gasteiger partial charge in [0.2, 0.25) is 0 Å². The Hall–Kier alpha value is -0.740. The Balaban J connectivity index is 2.89. The maximum Gasteiger partial charge on any atom is 0.172 e. The molecule has 1 rings (SSSR count). The number of hydrogen-bond donors (Lipinski definition) is 1. The average Bonchev–Trinajstić information content (AvgIpc) is 2.34. The summed E-state index contributed by atoms with van der Waals surface area (Å²) in [6.45, 7) is 7.68. The van der Waals surface area contributed by atoms with E-state index in [4.69, 9.17) is 4.74 Å². The van der Waals surface area contributed by atoms with E-state index in [1.165, 1.54) is 0 Å². The molecule has 0 bridgehead atoms. The third kappa shape index (κ3) is 3.89. The van der Waals surface area contributed by atoms with Crippen LogP contribution in [0.1, 0.15) is 32.8 Å². The topological polar surface area (TPSA) is 32.7 Å². The zero-order chi connectivity index (χ0) is 13.7. The number of phenolic OH excluding ortho intramolecular Hbond substituents is 1. The maximum atomic E-state index is 9.86. The summed E-state index contributed by atoms with van der Waals surface area (Å²) in [5.74, 6) is 0.714. The average molecular weight is 316 g/mol. The molecule has 0 aliphatic rings. The largest absolute Gasteiger partial charge is 0.503 e. The molecule has 3 nitrogen and oxygen atoms in total. The molecule has 0 amide bonds. The first-order valence-corrected chi connectivity index (χ1v) is 7.13. The molecule has 0 saturated carbocycles. The standard InChI is InChI=1S/C14H22BrNO2/c1-5-10(3)16(4)9-11-7-12(15)14(17)13(8-11)18-6-2/h7-8,10,17H,5-6,9H2,1-4H3. The summed E-state index contributed by atoms with van der Waals surface area (Å²) in [7, 11) is 2.11. The van der Waals surface area contributed by atoms with E-state index in [-0.39, 0.29) is 5.75 Å². The number of halogens is 1. The first-order chi connectivity index (χ1) is 8.49. The first kappa shape index (κ1) is 15.3. The van der Waals surface area contributed by atoms with Crippen molar-refractivity contribution < 1.29 is 9.84 Å². The normalized spacial score (nSPS) is 12.8. The number of benzene rings is 1. The molecule has 0 radical (unpaired) electrons. The maximum absolute atomic E-state index is 9.86. The van der Waals surface area contributed by atoms with E-state index in [1.54, 1.807) is 0 Å². The van der Waals surface area contributed by atoms with Gasteiger partial charge in [-0.15, -0.1) is 0 Å². The van der Waals surface area contributed by atoms with Gasteiger partial charge in [0, 0.05) is 12.6 Å². The molecule has 0 saturated heterocycles. The zero-order valence-corrected chi connectivity index (χ0v) is 13.1. The Morgan fingerprint density at radius 3 is 2.61 bits per heavy atom. The quantitative estimate of drug-likeness (QED) is 0.867. The highest BCUT2D eigenvalue weighted by atomic mass is 79.9. The van der Waals surface area contributed by atoms with E-state index in [0.29, 0.717) is 22.9 Å². The van der Waals surface area contributed by atoms with Gasteiger partial charge in [0.05, 0.1) is 11.1 Å². The SMILES string of the molecule is CCOc1cc(CN(C)C(C)CC)cc(Br)c1O. The monoisotopic (exact) mass is 315 g/mol. The van der Waals surface area contributed by atoms with Crippen molar-refractivity contribution in [2.45, 2.75) is 39.8 Å². The minimum Gasteiger partial charge on any atom is -0.503 e. The molecule has 1 aromatic rings. The molecule has 0 aliphatic carbocycles. The second-order valence-corrected chi connectivity index (χ2v) is 5.38. The molecule has 0 aliphatic heterocycles. The fourth-order valence-electron chi connectivity index (χ4n) is 1.74. The number of rotatable bonds is 6. The van der Waals surface area contributed by atoms with E-state index in [9.17, 15) is 5.11 Å². The Labute approximate surface area is 118 Å². The molecule has 0 fully saturated rings. The van der Waals surface area contributed by atoms with E-state index >= 15 is 0 Å². The minimum atomic E-state index is 0.173. The predicted octanol–water partition coefficient (Wildman–Crippen LogP) is 3.78. The zero-order valence-electron chi connectivity index (χ0n) is 11.5. The van der Waals surface area contributed by atoms with Crippen molar-refractivity contribution in [2.24, 2.45) is 0 Å². The third-order valence-electron chi connectivity index (χ3n) is 3.16. The van der Waals surface area contributed by atoms with Gasteiger partial charge >= 0.3 is 0 Å². The summed E-state index contributed by atoms with van der Waals surface area (Å²) in [4.78, 5) is 2.29. The lowest BCUT2D eigenvalue weighted by Crippen LogP contribution is -2.27. The van der Waals surface area contributed by atoms with Crippen molar-refractivity contribution in [3.63, 3.8) is 0 Å². The van der Waals surface area contributed by atoms with Crippen molar-refractivity contribution in [3.05, 3.63) is 22.2 Å². The summed E-state index contributed by atoms with van der Waals surface area (Å²) in [5.41, 5.74) is 1.13. The van der Waals surface area contributed by atoms with E-state index in [1.807, 2.05) is 19.1 Å². The van der Waals surface area contributed by atoms with Crippen molar-refractivity contribution in [2.75, 3.05) is 13.7 Å². The van der Waals surface area contributed by atoms with Crippen LogP contribution in [0.4, 0.5) is 0 Å². The minimum absolute atomic E-state index is 0.173. The van der Waals surface area contributed by atoms with Crippen LogP contribution in [-0.2, 0) is 6.54 Å². The smallest absolute Gasteiger partial charge is 0.172 e. The van der Waals surface area contributed by atoms with Gasteiger partial charge in [-0.2, -0.15) is 0 Å². The molecule has 1 N–H and O–H groups in total. The van der Waals surface area contributed by atoms with Gasteiger partial charge in [-0.1, -0.05) is 6.92 Å². The molecule has 0 heterocycles. The Morgan fingerprint density at radius 2 is 2.06 bits per heavy atom. The van der Waals surface area contributed by atoms with Gasteiger partial charge in [0.1, 0.15) is 0 Å². The first-order valence-electron chi connectivity index (χ1n) is 6.34. The molecule has 1 aromatic carbocycles. The molecular formula is C14H22BrNO2. The van der Waals surface area contributed by atoms with Gasteiger partial charge in [-0.05, 0) is 60.9 Å². The van der Waals surface area contributed by atoms with Crippen molar-refractivity contribution >= 4 is 15.9 Å². The van der Waals surface area contributed by atoms with Crippen LogP contribution in [0.3, 0.4) is 0 Å². The van der Waals surface area contributed by atoms with Crippen LogP contribution in [0.2, 0.25) is 0 Å². The molecular weight excluding hydrogens is 294 g/mol. The Morgan fingerprint density at radius 1 is 1.39 bits per heavy atom. The van der Waals surface area contributed by atoms with Crippen LogP contribution in [-0.4, -0.2) is 29.7 Å². The number of phenols is 1. The van der Waals surface area contributed by atoms with Gasteiger partial charge in [-0.3, -0.25) is 4.90 Å². The van der Waals surface area contributed by atoms with Crippen LogP contribution in [0.25, 0.3) is 0 Å². The predicted molar refractivity (Wildman–Crippen MR) is 78.2 cm³/mol. The lowest BCUT2D eigenvalue weighted by Gasteiger charge is -2.24. The number of aromatic hydroxyl groups is 1. The second kappa shape index (κ2) is 7.00. The van der Waals surface area contributed by atoms with Crippen LogP contribution in [0, 0.1) is 0 Å². The van der Waals surface area contributed by atoms with E-state index < -0.39 is 0 Å². The van der Waals surface area contributed by atoms with E-state index in [2.05, 4.69) is 41.7 Å². The molecule has 4 heteroatoms. The summed E-state index contributed by atoms with van der Waals surface area (Å²) < 4.78 is 6.11. The van der Waals surface area contributed by atoms with Crippen LogP contribution in [0.5, 0.6) is 11.5 Å². The molecule has 0 spiro atoms. The van der Waals surface area contributed by atoms with Crippen LogP contribution >= 0.6 is 15.9 Å². The van der Waals surface area contributed by atoms with Gasteiger partial charge in [0.25, 0.3) is 0 Å². The highest BCUT2D eigenvalue weighted by molar-refractivity contribution is 9.10. The highest BCUT2D eigenvalue weighted by Gasteiger charge is 2.12. The fraction of sp³-hybridized carbons (Fsp3) is 0.571. The molecule has 0 aromatic heterocycles. The molecule has 1 unspecified atom stereocenters. The molecule has 102 valence electrons. The van der Waals surface area contributed by atoms with Gasteiger partial charge < -0.3 is 9.84 Å². The van der Waals surface area contributed by atoms with Gasteiger partial charge in [-0.25, -0.2) is 0 Å². The highest BCUT2D eigenvalue weighted by Crippen LogP contribution is 2.35. The van der Waals surface area contributed by atoms with Crippen LogP contribution < -0.4 is 4.74 Å². The van der Waals surface area contributed by atoms with Crippen molar-refractivity contribution in [3.8, 4) is 11.5 Å². The van der Waals surface area contributed by atoms with Crippen molar-refractivity contribution in [1.29, 1.82) is 0 Å². The summed E-state index contributed by atoms with van der Waals surface area (Å²) in [5, 5.41) is 9.86. The van der Waals surface area contributed by atoms with Crippen LogP contribution in [0.15, 0.2) is 16.6 Å². The van der Waals surface area contributed by atoms with Crippen molar-refractivity contribution in [1.82, 2.24) is 4.90 Å². The number of ether oxygens (including phenoxy) is 1.